The normalized spacial score (nSPS) is 24.1. The standard InChI is InChI=1S/C46H82N10O12/c1-25(2)36-41(61)54-37(26(3)4)42(62)56-39(30(8)67-45(65)27(5)47)43(63)52-33(21-22-34(49)58)40(60)51-28(6)46(66)68-29(7)38(44(64)55-36)53-35(59)24-32(57)20-18-16-14-12-10-11-13-15-17-19-23-50-31(9)48/h25-30,32-33,36-39,57H,10-24,47H2,1-9H3,(H2,48,50)(H2,49,58)(H,51,60)(H,52,63)(H,53,59)(H,54,61)(H,55,64)(H,56,62). The van der Waals surface area contributed by atoms with Crippen molar-refractivity contribution in [3.05, 3.63) is 0 Å². The Hall–Kier alpha value is -5.38. The molecule has 10 atom stereocenters. The number of unbranched alkanes of at least 4 members (excludes halogenated alkanes) is 9. The van der Waals surface area contributed by atoms with Gasteiger partial charge < -0.3 is 63.7 Å². The van der Waals surface area contributed by atoms with Gasteiger partial charge in [-0.2, -0.15) is 0 Å². The van der Waals surface area contributed by atoms with Crippen LogP contribution in [0.4, 0.5) is 0 Å². The predicted octanol–water partition coefficient (Wildman–Crippen LogP) is 0.136. The maximum Gasteiger partial charge on any atom is 0.328 e. The molecule has 7 amide bonds. The third-order valence-electron chi connectivity index (χ3n) is 11.3. The maximum absolute atomic E-state index is 14.1. The lowest BCUT2D eigenvalue weighted by molar-refractivity contribution is -0.156. The molecule has 0 aromatic carbocycles. The largest absolute Gasteiger partial charge is 0.459 e. The topological polar surface area (TPSA) is 355 Å². The van der Waals surface area contributed by atoms with E-state index in [1.165, 1.54) is 27.7 Å². The molecule has 10 unspecified atom stereocenters. The van der Waals surface area contributed by atoms with Gasteiger partial charge in [-0.15, -0.1) is 0 Å². The lowest BCUT2D eigenvalue weighted by atomic mass is 9.98. The highest BCUT2D eigenvalue weighted by Gasteiger charge is 2.39. The fraction of sp³-hybridized carbons (Fsp3) is 0.783. The van der Waals surface area contributed by atoms with Crippen LogP contribution in [0.2, 0.25) is 0 Å². The molecule has 22 nitrogen and oxygen atoms in total. The first-order chi connectivity index (χ1) is 31.8. The van der Waals surface area contributed by atoms with E-state index in [2.05, 4.69) is 36.9 Å². The molecule has 22 heteroatoms. The number of nitrogens with one attached hydrogen (secondary N) is 6. The second-order valence-corrected chi connectivity index (χ2v) is 18.6. The van der Waals surface area contributed by atoms with Crippen molar-refractivity contribution >= 4 is 59.1 Å². The number of amides is 7. The van der Waals surface area contributed by atoms with Gasteiger partial charge in [-0.25, -0.2) is 4.79 Å². The number of carbonyl (C=O) groups is 9. The predicted molar refractivity (Wildman–Crippen MR) is 254 cm³/mol. The van der Waals surface area contributed by atoms with Gasteiger partial charge in [-0.1, -0.05) is 85.5 Å². The van der Waals surface area contributed by atoms with E-state index in [-0.39, 0.29) is 12.8 Å². The van der Waals surface area contributed by atoms with Gasteiger partial charge in [0.15, 0.2) is 0 Å². The molecule has 388 valence electrons. The SMILES string of the molecule is CC(N)=NCCCCCCCCCCCCC(O)CC(=O)NC1C(=O)NC(C(C)C)C(=O)NC(C(C)C)C(=O)NC(C(C)OC(=O)C(C)N)C(=O)NC(CCC(N)=O)C(=O)NC(C)C(=O)OC1C. The fourth-order valence-electron chi connectivity index (χ4n) is 7.20. The molecule has 0 bridgehead atoms. The molecule has 1 rings (SSSR count). The van der Waals surface area contributed by atoms with Crippen molar-refractivity contribution in [3.8, 4) is 0 Å². The fourth-order valence-corrected chi connectivity index (χ4v) is 7.20. The number of aliphatic imine (C=N–C) groups is 1. The van der Waals surface area contributed by atoms with Crippen LogP contribution in [0.3, 0.4) is 0 Å². The van der Waals surface area contributed by atoms with E-state index in [9.17, 15) is 48.3 Å². The van der Waals surface area contributed by atoms with Crippen LogP contribution < -0.4 is 49.1 Å². The van der Waals surface area contributed by atoms with Gasteiger partial charge in [-0.3, -0.25) is 43.3 Å². The number of rotatable bonds is 24. The van der Waals surface area contributed by atoms with E-state index in [1.807, 2.05) is 0 Å². The summed E-state index contributed by atoms with van der Waals surface area (Å²) in [6.45, 7) is 14.2. The minimum atomic E-state index is -1.70. The Kier molecular flexibility index (Phi) is 28.2. The third kappa shape index (κ3) is 23.6. The third-order valence-corrected chi connectivity index (χ3v) is 11.3. The molecule has 1 aliphatic rings. The zero-order valence-electron chi connectivity index (χ0n) is 41.7. The Bertz CT molecular complexity index is 1710. The van der Waals surface area contributed by atoms with Gasteiger partial charge in [0.25, 0.3) is 0 Å². The zero-order chi connectivity index (χ0) is 51.7. The van der Waals surface area contributed by atoms with Crippen LogP contribution in [0.25, 0.3) is 0 Å². The quantitative estimate of drug-likeness (QED) is 0.0266. The Morgan fingerprint density at radius 2 is 1.19 bits per heavy atom. The monoisotopic (exact) mass is 967 g/mol. The van der Waals surface area contributed by atoms with Crippen molar-refractivity contribution in [2.45, 2.75) is 213 Å². The lowest BCUT2D eigenvalue weighted by Crippen LogP contribution is -2.63. The lowest BCUT2D eigenvalue weighted by Gasteiger charge is -2.31. The number of nitrogens with two attached hydrogens (primary N) is 3. The summed E-state index contributed by atoms with van der Waals surface area (Å²) in [5.74, 6) is -8.89. The first kappa shape index (κ1) is 60.6. The van der Waals surface area contributed by atoms with Crippen molar-refractivity contribution in [1.82, 2.24) is 31.9 Å². The summed E-state index contributed by atoms with van der Waals surface area (Å²) in [5, 5.41) is 25.9. The van der Waals surface area contributed by atoms with Crippen molar-refractivity contribution in [2.75, 3.05) is 6.54 Å². The van der Waals surface area contributed by atoms with Gasteiger partial charge in [0.05, 0.1) is 18.4 Å². The maximum atomic E-state index is 14.1. The molecule has 0 saturated carbocycles. The summed E-state index contributed by atoms with van der Waals surface area (Å²) in [6.07, 6.45) is 5.61. The van der Waals surface area contributed by atoms with Crippen molar-refractivity contribution < 1.29 is 57.7 Å². The molecule has 1 fully saturated rings. The Morgan fingerprint density at radius 1 is 0.706 bits per heavy atom. The Balaban J connectivity index is 3.35. The smallest absolute Gasteiger partial charge is 0.328 e. The molecule has 0 aromatic rings. The van der Waals surface area contributed by atoms with Gasteiger partial charge >= 0.3 is 11.9 Å². The number of aliphatic hydroxyl groups is 1. The van der Waals surface area contributed by atoms with E-state index in [1.54, 1.807) is 34.6 Å². The van der Waals surface area contributed by atoms with Crippen LogP contribution in [-0.2, 0) is 52.6 Å². The van der Waals surface area contributed by atoms with Crippen LogP contribution >= 0.6 is 0 Å². The number of aliphatic hydroxyl groups excluding tert-OH is 1. The minimum absolute atomic E-state index is 0.329. The first-order valence-electron chi connectivity index (χ1n) is 24.1. The van der Waals surface area contributed by atoms with Crippen LogP contribution in [0.1, 0.15) is 152 Å². The molecule has 0 spiro atoms. The average molecular weight is 967 g/mol. The highest BCUT2D eigenvalue weighted by molar-refractivity contribution is 5.98. The second kappa shape index (κ2) is 31.6. The van der Waals surface area contributed by atoms with Gasteiger partial charge in [0, 0.05) is 13.0 Å². The van der Waals surface area contributed by atoms with E-state index >= 15 is 0 Å². The molecule has 0 aromatic heterocycles. The van der Waals surface area contributed by atoms with E-state index < -0.39 is 132 Å². The number of carbonyl (C=O) groups excluding carboxylic acids is 9. The molecular weight excluding hydrogens is 885 g/mol. The molecule has 0 radical (unpaired) electrons. The molecule has 1 saturated heterocycles. The Labute approximate surface area is 401 Å². The Morgan fingerprint density at radius 3 is 1.69 bits per heavy atom. The van der Waals surface area contributed by atoms with Gasteiger partial charge in [0.1, 0.15) is 54.5 Å². The van der Waals surface area contributed by atoms with E-state index in [0.717, 1.165) is 64.3 Å². The number of primary amides is 1. The van der Waals surface area contributed by atoms with Crippen molar-refractivity contribution in [2.24, 2.45) is 34.0 Å². The molecule has 0 aliphatic carbocycles. The van der Waals surface area contributed by atoms with Crippen LogP contribution in [0.5, 0.6) is 0 Å². The van der Waals surface area contributed by atoms with Crippen molar-refractivity contribution in [3.63, 3.8) is 0 Å². The van der Waals surface area contributed by atoms with Crippen LogP contribution in [0, 0.1) is 11.8 Å². The summed E-state index contributed by atoms with van der Waals surface area (Å²) >= 11 is 0. The van der Waals surface area contributed by atoms with Crippen molar-refractivity contribution in [1.29, 1.82) is 0 Å². The minimum Gasteiger partial charge on any atom is -0.459 e. The number of cyclic esters (lactones) is 1. The summed E-state index contributed by atoms with van der Waals surface area (Å²) in [4.78, 5) is 125. The van der Waals surface area contributed by atoms with E-state index in [4.69, 9.17) is 26.7 Å². The second-order valence-electron chi connectivity index (χ2n) is 18.6. The van der Waals surface area contributed by atoms with Crippen LogP contribution in [0.15, 0.2) is 4.99 Å². The average Bonchev–Trinajstić information content (AvgIpc) is 3.24. The number of esters is 2. The summed E-state index contributed by atoms with van der Waals surface area (Å²) < 4.78 is 10.9. The first-order valence-corrected chi connectivity index (χ1v) is 24.1. The molecular formula is C46H82N10O12. The number of nitrogens with zero attached hydrogens (tertiary/aromatic N) is 1. The number of ether oxygens (including phenoxy) is 2. The molecule has 1 heterocycles. The summed E-state index contributed by atoms with van der Waals surface area (Å²) in [6, 6.07) is -10.1. The van der Waals surface area contributed by atoms with Gasteiger partial charge in [0.2, 0.25) is 41.4 Å². The summed E-state index contributed by atoms with van der Waals surface area (Å²) in [7, 11) is 0. The molecule has 68 heavy (non-hydrogen) atoms. The highest BCUT2D eigenvalue weighted by atomic mass is 16.6. The number of hydrogen-bond acceptors (Lipinski definition) is 14. The van der Waals surface area contributed by atoms with Crippen LogP contribution in [-0.4, -0.2) is 131 Å². The number of hydrogen-bond donors (Lipinski definition) is 10. The molecule has 13 N–H and O–H groups in total. The molecule has 1 aliphatic heterocycles. The van der Waals surface area contributed by atoms with Gasteiger partial charge in [-0.05, 0) is 65.7 Å². The number of amidine groups is 1. The van der Waals surface area contributed by atoms with E-state index in [0.29, 0.717) is 18.7 Å². The highest BCUT2D eigenvalue weighted by Crippen LogP contribution is 2.15. The summed E-state index contributed by atoms with van der Waals surface area (Å²) in [5.41, 5.74) is 16.6. The zero-order valence-corrected chi connectivity index (χ0v) is 41.7.